The van der Waals surface area contributed by atoms with Crippen molar-refractivity contribution in [2.45, 2.75) is 31.3 Å². The first kappa shape index (κ1) is 21.6. The lowest BCUT2D eigenvalue weighted by Gasteiger charge is -2.29. The van der Waals surface area contributed by atoms with Gasteiger partial charge in [0.1, 0.15) is 17.0 Å². The molecule has 0 radical (unpaired) electrons. The minimum absolute atomic E-state index is 0.0163. The highest BCUT2D eigenvalue weighted by Gasteiger charge is 2.60. The maximum atomic E-state index is 13.6. The number of carbonyl (C=O) groups is 3. The van der Waals surface area contributed by atoms with E-state index in [0.717, 1.165) is 5.56 Å². The number of primary amides is 1. The first-order chi connectivity index (χ1) is 15.3. The number of methoxy groups -OCH3 is 2. The number of aryl methyl sites for hydroxylation is 1. The topological polar surface area (TPSA) is 132 Å². The fraction of sp³-hybridized carbons (Fsp3) is 0.348. The van der Waals surface area contributed by atoms with Gasteiger partial charge in [-0.3, -0.25) is 19.7 Å². The van der Waals surface area contributed by atoms with Crippen molar-refractivity contribution in [3.63, 3.8) is 0 Å². The second kappa shape index (κ2) is 8.16. The molecule has 2 aliphatic rings. The van der Waals surface area contributed by atoms with Crippen molar-refractivity contribution in [2.75, 3.05) is 24.9 Å². The highest BCUT2D eigenvalue weighted by Crippen LogP contribution is 2.48. The summed E-state index contributed by atoms with van der Waals surface area (Å²) in [6, 6.07) is 10.2. The van der Waals surface area contributed by atoms with Crippen LogP contribution < -0.4 is 31.2 Å². The summed E-state index contributed by atoms with van der Waals surface area (Å²) in [6.45, 7) is 1.89. The van der Waals surface area contributed by atoms with Crippen LogP contribution in [0.25, 0.3) is 0 Å². The van der Waals surface area contributed by atoms with Gasteiger partial charge in [0.25, 0.3) is 0 Å². The predicted molar refractivity (Wildman–Crippen MR) is 119 cm³/mol. The summed E-state index contributed by atoms with van der Waals surface area (Å²) in [4.78, 5) is 38.5. The predicted octanol–water partition coefficient (Wildman–Crippen LogP) is 1.65. The Morgan fingerprint density at radius 1 is 1.22 bits per heavy atom. The average molecular weight is 438 g/mol. The van der Waals surface area contributed by atoms with Gasteiger partial charge in [0, 0.05) is 29.8 Å². The molecule has 0 saturated carbocycles. The molecule has 168 valence electrons. The Hall–Kier alpha value is -3.59. The number of amides is 3. The normalized spacial score (nSPS) is 23.5. The lowest BCUT2D eigenvalue weighted by Crippen LogP contribution is -2.52. The monoisotopic (exact) mass is 438 g/mol. The molecule has 5 N–H and O–H groups in total. The van der Waals surface area contributed by atoms with Crippen LogP contribution in [0.3, 0.4) is 0 Å². The van der Waals surface area contributed by atoms with E-state index in [1.807, 2.05) is 25.1 Å². The van der Waals surface area contributed by atoms with Gasteiger partial charge in [0.05, 0.1) is 25.8 Å². The van der Waals surface area contributed by atoms with E-state index in [9.17, 15) is 14.4 Å². The number of rotatable bonds is 6. The molecule has 32 heavy (non-hydrogen) atoms. The average Bonchev–Trinajstić information content (AvgIpc) is 3.27. The van der Waals surface area contributed by atoms with E-state index < -0.39 is 23.4 Å². The van der Waals surface area contributed by atoms with Crippen LogP contribution >= 0.6 is 0 Å². The number of fused-ring (bicyclic) bond motifs is 2. The fourth-order valence-corrected chi connectivity index (χ4v) is 4.74. The van der Waals surface area contributed by atoms with Crippen molar-refractivity contribution in [3.05, 3.63) is 47.5 Å². The summed E-state index contributed by atoms with van der Waals surface area (Å²) in [6.07, 6.45) is 0.282. The molecule has 3 unspecified atom stereocenters. The molecule has 2 aromatic carbocycles. The number of anilines is 2. The first-order valence-electron chi connectivity index (χ1n) is 10.3. The molecule has 0 bridgehead atoms. The zero-order valence-electron chi connectivity index (χ0n) is 18.2. The molecule has 9 nitrogen and oxygen atoms in total. The third kappa shape index (κ3) is 3.44. The number of hydrogen-bond acceptors (Lipinski definition) is 6. The van der Waals surface area contributed by atoms with Crippen LogP contribution in [0.4, 0.5) is 11.4 Å². The summed E-state index contributed by atoms with van der Waals surface area (Å²) in [7, 11) is 3.03. The molecule has 0 aliphatic carbocycles. The molecule has 1 saturated heterocycles. The van der Waals surface area contributed by atoms with Gasteiger partial charge in [-0.25, -0.2) is 0 Å². The Balaban J connectivity index is 1.75. The standard InChI is InChI=1S/C23H26N4O5/c1-12-5-4-6-15-20(12)26-22(30)23(15)16(9-13(27-23)10-19(24)28)21(29)25-17-11-14(31-2)7-8-18(17)32-3/h4-8,11,13,16,27H,9-10H2,1-3H3,(H2,24,28)(H,25,29)(H,26,30). The van der Waals surface area contributed by atoms with Crippen molar-refractivity contribution in [2.24, 2.45) is 11.7 Å². The van der Waals surface area contributed by atoms with Gasteiger partial charge in [-0.1, -0.05) is 18.2 Å². The van der Waals surface area contributed by atoms with Gasteiger partial charge in [-0.2, -0.15) is 0 Å². The van der Waals surface area contributed by atoms with Crippen LogP contribution in [0, 0.1) is 12.8 Å². The van der Waals surface area contributed by atoms with Crippen molar-refractivity contribution >= 4 is 29.1 Å². The van der Waals surface area contributed by atoms with E-state index in [1.165, 1.54) is 14.2 Å². The van der Waals surface area contributed by atoms with Crippen LogP contribution in [0.5, 0.6) is 11.5 Å². The Kier molecular flexibility index (Phi) is 5.52. The molecular formula is C23H26N4O5. The molecule has 1 fully saturated rings. The van der Waals surface area contributed by atoms with Gasteiger partial charge in [-0.15, -0.1) is 0 Å². The molecular weight excluding hydrogens is 412 g/mol. The van der Waals surface area contributed by atoms with Crippen LogP contribution in [-0.2, 0) is 19.9 Å². The van der Waals surface area contributed by atoms with E-state index in [-0.39, 0.29) is 24.7 Å². The second-order valence-electron chi connectivity index (χ2n) is 8.12. The highest BCUT2D eigenvalue weighted by atomic mass is 16.5. The Labute approximate surface area is 185 Å². The molecule has 2 aromatic rings. The van der Waals surface area contributed by atoms with Gasteiger partial charge >= 0.3 is 0 Å². The Morgan fingerprint density at radius 2 is 2.00 bits per heavy atom. The molecule has 4 rings (SSSR count). The van der Waals surface area contributed by atoms with Crippen molar-refractivity contribution < 1.29 is 23.9 Å². The summed E-state index contributed by atoms with van der Waals surface area (Å²) in [5.41, 5.74) is 6.79. The number of benzene rings is 2. The lowest BCUT2D eigenvalue weighted by atomic mass is 9.79. The second-order valence-corrected chi connectivity index (χ2v) is 8.12. The maximum Gasteiger partial charge on any atom is 0.250 e. The molecule has 1 spiro atoms. The quantitative estimate of drug-likeness (QED) is 0.542. The first-order valence-corrected chi connectivity index (χ1v) is 10.3. The van der Waals surface area contributed by atoms with Crippen molar-refractivity contribution in [3.8, 4) is 11.5 Å². The summed E-state index contributed by atoms with van der Waals surface area (Å²) in [5.74, 6) is -0.986. The molecule has 0 aromatic heterocycles. The maximum absolute atomic E-state index is 13.6. The zero-order chi connectivity index (χ0) is 23.0. The van der Waals surface area contributed by atoms with E-state index >= 15 is 0 Å². The van der Waals surface area contributed by atoms with Gasteiger partial charge < -0.3 is 25.8 Å². The Bertz CT molecular complexity index is 1100. The zero-order valence-corrected chi connectivity index (χ0v) is 18.2. The third-order valence-electron chi connectivity index (χ3n) is 6.20. The van der Waals surface area contributed by atoms with Crippen molar-refractivity contribution in [1.29, 1.82) is 0 Å². The third-order valence-corrected chi connectivity index (χ3v) is 6.20. The molecule has 2 aliphatic heterocycles. The van der Waals surface area contributed by atoms with E-state index in [2.05, 4.69) is 16.0 Å². The highest BCUT2D eigenvalue weighted by molar-refractivity contribution is 6.11. The SMILES string of the molecule is COc1ccc(OC)c(NC(=O)C2CC(CC(N)=O)NC23C(=O)Nc2c(C)cccc23)c1. The lowest BCUT2D eigenvalue weighted by molar-refractivity contribution is -0.130. The number of nitrogens with one attached hydrogen (secondary N) is 3. The summed E-state index contributed by atoms with van der Waals surface area (Å²) < 4.78 is 10.6. The molecule has 3 atom stereocenters. The fourth-order valence-electron chi connectivity index (χ4n) is 4.74. The Morgan fingerprint density at radius 3 is 2.69 bits per heavy atom. The van der Waals surface area contributed by atoms with Crippen LogP contribution in [0.15, 0.2) is 36.4 Å². The molecule has 2 heterocycles. The van der Waals surface area contributed by atoms with E-state index in [1.54, 1.807) is 18.2 Å². The van der Waals surface area contributed by atoms with Crippen molar-refractivity contribution in [1.82, 2.24) is 5.32 Å². The molecule has 3 amide bonds. The van der Waals surface area contributed by atoms with E-state index in [4.69, 9.17) is 15.2 Å². The van der Waals surface area contributed by atoms with Crippen LogP contribution in [-0.4, -0.2) is 38.0 Å². The number of ether oxygens (including phenoxy) is 2. The number of carbonyl (C=O) groups excluding carboxylic acids is 3. The number of para-hydroxylation sites is 1. The van der Waals surface area contributed by atoms with Gasteiger partial charge in [0.15, 0.2) is 0 Å². The minimum atomic E-state index is -1.31. The summed E-state index contributed by atoms with van der Waals surface area (Å²) in [5, 5.41) is 9.08. The smallest absolute Gasteiger partial charge is 0.250 e. The minimum Gasteiger partial charge on any atom is -0.497 e. The largest absolute Gasteiger partial charge is 0.497 e. The number of nitrogens with two attached hydrogens (primary N) is 1. The van der Waals surface area contributed by atoms with E-state index in [0.29, 0.717) is 28.4 Å². The van der Waals surface area contributed by atoms with Gasteiger partial charge in [0.2, 0.25) is 17.7 Å². The van der Waals surface area contributed by atoms with Crippen LogP contribution in [0.2, 0.25) is 0 Å². The van der Waals surface area contributed by atoms with Gasteiger partial charge in [-0.05, 0) is 31.0 Å². The number of hydrogen-bond donors (Lipinski definition) is 4. The molecule has 9 heteroatoms. The summed E-state index contributed by atoms with van der Waals surface area (Å²) >= 11 is 0. The van der Waals surface area contributed by atoms with Crippen LogP contribution in [0.1, 0.15) is 24.0 Å².